The molecular weight excluding hydrogens is 544 g/mol. The molecule has 0 spiro atoms. The van der Waals surface area contributed by atoms with Gasteiger partial charge >= 0.3 is 0 Å². The van der Waals surface area contributed by atoms with Gasteiger partial charge in [0.1, 0.15) is 5.82 Å². The number of benzene rings is 6. The van der Waals surface area contributed by atoms with E-state index in [9.17, 15) is 0 Å². The quantitative estimate of drug-likeness (QED) is 0.191. The lowest BCUT2D eigenvalue weighted by Crippen LogP contribution is -2.08. The lowest BCUT2D eigenvalue weighted by atomic mass is 9.85. The Balaban J connectivity index is 1.23. The molecule has 1 atom stereocenters. The van der Waals surface area contributed by atoms with Crippen LogP contribution in [0.25, 0.3) is 66.3 Å². The van der Waals surface area contributed by atoms with Crippen molar-refractivity contribution in [3.8, 4) is 27.9 Å². The van der Waals surface area contributed by atoms with Crippen LogP contribution in [0.2, 0.25) is 0 Å². The van der Waals surface area contributed by atoms with Crippen molar-refractivity contribution in [3.63, 3.8) is 0 Å². The lowest BCUT2D eigenvalue weighted by Gasteiger charge is -2.19. The first-order valence-corrected chi connectivity index (χ1v) is 16.0. The number of allylic oxidation sites excluding steroid dienone is 5. The Bertz CT molecular complexity index is 2290. The first-order chi connectivity index (χ1) is 22.3. The summed E-state index contributed by atoms with van der Waals surface area (Å²) in [4.78, 5) is 5.20. The van der Waals surface area contributed by atoms with Gasteiger partial charge in [-0.2, -0.15) is 0 Å². The maximum Gasteiger partial charge on any atom is 0.121 e. The standard InChI is InChI=1S/C43H32N2/c1-2-13-31(14-3-1)43-44-39-20-10-11-21-40(39)45(43)34-26-24-30(25-27-34)41-35-16-6-8-18-37(35)42(38-19-9-7-17-36(38)41)33-23-22-29-12-4-5-15-32(29)28-33/h1-9,11-13,15-19,21-28,31H,10,14,20H2. The van der Waals surface area contributed by atoms with E-state index < -0.39 is 0 Å². The molecule has 214 valence electrons. The topological polar surface area (TPSA) is 17.8 Å². The Morgan fingerprint density at radius 3 is 1.93 bits per heavy atom. The van der Waals surface area contributed by atoms with Gasteiger partial charge in [-0.25, -0.2) is 4.98 Å². The fourth-order valence-electron chi connectivity index (χ4n) is 7.43. The van der Waals surface area contributed by atoms with Crippen LogP contribution in [0.5, 0.6) is 0 Å². The molecule has 0 fully saturated rings. The minimum atomic E-state index is 0.282. The van der Waals surface area contributed by atoms with Gasteiger partial charge in [-0.05, 0) is 98.1 Å². The van der Waals surface area contributed by atoms with Gasteiger partial charge in [0.2, 0.25) is 0 Å². The van der Waals surface area contributed by atoms with Crippen molar-refractivity contribution < 1.29 is 0 Å². The molecule has 0 bridgehead atoms. The summed E-state index contributed by atoms with van der Waals surface area (Å²) in [6.07, 6.45) is 16.4. The summed E-state index contributed by atoms with van der Waals surface area (Å²) in [5, 5.41) is 7.63. The third kappa shape index (κ3) is 4.29. The fourth-order valence-corrected chi connectivity index (χ4v) is 7.43. The van der Waals surface area contributed by atoms with E-state index in [0.717, 1.165) is 25.1 Å². The van der Waals surface area contributed by atoms with Gasteiger partial charge in [-0.3, -0.25) is 4.57 Å². The van der Waals surface area contributed by atoms with Gasteiger partial charge in [0.05, 0.1) is 11.4 Å². The monoisotopic (exact) mass is 576 g/mol. The first kappa shape index (κ1) is 26.0. The van der Waals surface area contributed by atoms with Crippen LogP contribution >= 0.6 is 0 Å². The maximum atomic E-state index is 5.20. The molecule has 0 N–H and O–H groups in total. The van der Waals surface area contributed by atoms with Gasteiger partial charge in [-0.15, -0.1) is 0 Å². The molecule has 0 saturated heterocycles. The Kier molecular flexibility index (Phi) is 6.12. The van der Waals surface area contributed by atoms with Crippen LogP contribution in [0.15, 0.2) is 146 Å². The first-order valence-electron chi connectivity index (χ1n) is 16.0. The molecule has 2 heteroatoms. The van der Waals surface area contributed by atoms with Crippen LogP contribution in [0, 0.1) is 0 Å². The summed E-state index contributed by atoms with van der Waals surface area (Å²) in [5.41, 5.74) is 8.65. The summed E-state index contributed by atoms with van der Waals surface area (Å²) in [6, 6.07) is 42.5. The van der Waals surface area contributed by atoms with E-state index in [1.54, 1.807) is 0 Å². The lowest BCUT2D eigenvalue weighted by molar-refractivity contribution is 0.748. The van der Waals surface area contributed by atoms with Crippen molar-refractivity contribution in [2.24, 2.45) is 0 Å². The number of aryl methyl sites for hydroxylation is 1. The Morgan fingerprint density at radius 2 is 1.24 bits per heavy atom. The molecule has 2 nitrogen and oxygen atoms in total. The highest BCUT2D eigenvalue weighted by Gasteiger charge is 2.24. The predicted octanol–water partition coefficient (Wildman–Crippen LogP) is 11.2. The second-order valence-electron chi connectivity index (χ2n) is 12.2. The molecule has 1 heterocycles. The SMILES string of the molecule is C1=CCC(c2nc3c(n2-c2ccc(-c4c5ccccc5c(-c5ccc6ccccc6c5)c5ccccc45)cc2)C=CCC3)C=C1. The van der Waals surface area contributed by atoms with Crippen molar-refractivity contribution in [2.75, 3.05) is 0 Å². The van der Waals surface area contributed by atoms with E-state index in [2.05, 4.69) is 156 Å². The maximum absolute atomic E-state index is 5.20. The molecule has 2 aliphatic rings. The van der Waals surface area contributed by atoms with Gasteiger partial charge in [0.15, 0.2) is 0 Å². The Morgan fingerprint density at radius 1 is 0.600 bits per heavy atom. The molecule has 2 aliphatic carbocycles. The normalized spacial score (nSPS) is 15.7. The van der Waals surface area contributed by atoms with E-state index in [0.29, 0.717) is 0 Å². The van der Waals surface area contributed by atoms with Crippen molar-refractivity contribution >= 4 is 38.4 Å². The van der Waals surface area contributed by atoms with Crippen LogP contribution in [0.1, 0.15) is 36.0 Å². The number of rotatable bonds is 4. The number of aromatic nitrogens is 2. The molecule has 0 radical (unpaired) electrons. The second-order valence-corrected chi connectivity index (χ2v) is 12.2. The minimum Gasteiger partial charge on any atom is -0.296 e. The van der Waals surface area contributed by atoms with Gasteiger partial charge in [0, 0.05) is 11.6 Å². The highest BCUT2D eigenvalue weighted by molar-refractivity contribution is 6.21. The highest BCUT2D eigenvalue weighted by Crippen LogP contribution is 2.44. The smallest absolute Gasteiger partial charge is 0.121 e. The number of hydrogen-bond donors (Lipinski definition) is 0. The molecule has 45 heavy (non-hydrogen) atoms. The zero-order valence-electron chi connectivity index (χ0n) is 25.0. The summed E-state index contributed by atoms with van der Waals surface area (Å²) >= 11 is 0. The van der Waals surface area contributed by atoms with Crippen LogP contribution in [-0.2, 0) is 6.42 Å². The van der Waals surface area contributed by atoms with Crippen LogP contribution in [0.3, 0.4) is 0 Å². The molecular formula is C43H32N2. The van der Waals surface area contributed by atoms with E-state index in [1.807, 2.05) is 0 Å². The minimum absolute atomic E-state index is 0.282. The number of imidazole rings is 1. The molecule has 1 aromatic heterocycles. The van der Waals surface area contributed by atoms with Crippen LogP contribution in [0.4, 0.5) is 0 Å². The fraction of sp³-hybridized carbons (Fsp3) is 0.0930. The molecule has 0 aliphatic heterocycles. The predicted molar refractivity (Wildman–Crippen MR) is 190 cm³/mol. The average Bonchev–Trinajstić information content (AvgIpc) is 3.51. The van der Waals surface area contributed by atoms with Crippen LogP contribution < -0.4 is 0 Å². The van der Waals surface area contributed by atoms with Crippen molar-refractivity contribution in [2.45, 2.75) is 25.2 Å². The molecule has 1 unspecified atom stereocenters. The van der Waals surface area contributed by atoms with E-state index in [1.165, 1.54) is 71.6 Å². The van der Waals surface area contributed by atoms with E-state index in [-0.39, 0.29) is 5.92 Å². The van der Waals surface area contributed by atoms with Crippen LogP contribution in [-0.4, -0.2) is 9.55 Å². The van der Waals surface area contributed by atoms with E-state index >= 15 is 0 Å². The summed E-state index contributed by atoms with van der Waals surface area (Å²) in [7, 11) is 0. The summed E-state index contributed by atoms with van der Waals surface area (Å²) < 4.78 is 2.39. The van der Waals surface area contributed by atoms with E-state index in [4.69, 9.17) is 4.98 Å². The van der Waals surface area contributed by atoms with Crippen molar-refractivity contribution in [1.29, 1.82) is 0 Å². The Hall–Kier alpha value is -5.47. The average molecular weight is 577 g/mol. The molecule has 9 rings (SSSR count). The third-order valence-electron chi connectivity index (χ3n) is 9.53. The molecule has 7 aromatic rings. The van der Waals surface area contributed by atoms with Crippen molar-refractivity contribution in [1.82, 2.24) is 9.55 Å². The highest BCUT2D eigenvalue weighted by atomic mass is 15.1. The zero-order valence-corrected chi connectivity index (χ0v) is 25.0. The molecule has 0 amide bonds. The van der Waals surface area contributed by atoms with Gasteiger partial charge in [-0.1, -0.05) is 127 Å². The number of nitrogens with zero attached hydrogens (tertiary/aromatic N) is 2. The summed E-state index contributed by atoms with van der Waals surface area (Å²) in [5.74, 6) is 1.42. The zero-order chi connectivity index (χ0) is 29.7. The van der Waals surface area contributed by atoms with Crippen molar-refractivity contribution in [3.05, 3.63) is 163 Å². The third-order valence-corrected chi connectivity index (χ3v) is 9.53. The number of hydrogen-bond acceptors (Lipinski definition) is 1. The van der Waals surface area contributed by atoms with Gasteiger partial charge in [0.25, 0.3) is 0 Å². The second kappa shape index (κ2) is 10.6. The largest absolute Gasteiger partial charge is 0.296 e. The Labute approximate surface area is 263 Å². The molecule has 0 saturated carbocycles. The number of fused-ring (bicyclic) bond motifs is 4. The van der Waals surface area contributed by atoms with Gasteiger partial charge < -0.3 is 0 Å². The summed E-state index contributed by atoms with van der Waals surface area (Å²) in [6.45, 7) is 0. The molecule has 6 aromatic carbocycles.